The van der Waals surface area contributed by atoms with Crippen LogP contribution in [0.25, 0.3) is 6.08 Å². The monoisotopic (exact) mass is 176 g/mol. The van der Waals surface area contributed by atoms with Crippen molar-refractivity contribution >= 4 is 6.08 Å². The molecular weight excluding hydrogens is 168 g/mol. The summed E-state index contributed by atoms with van der Waals surface area (Å²) in [5.74, 6) is 0. The first-order valence-electron chi connectivity index (χ1n) is 4.18. The molecule has 1 fully saturated rings. The number of hydrogen-bond acceptors (Lipinski definition) is 3. The topological polar surface area (TPSA) is 27.7 Å². The molecule has 1 saturated heterocycles. The van der Waals surface area contributed by atoms with Gasteiger partial charge in [-0.15, -0.1) is 0 Å². The number of hydrogen-bond donors (Lipinski definition) is 0. The van der Waals surface area contributed by atoms with Gasteiger partial charge in [0, 0.05) is 5.56 Å². The number of ether oxygens (including phenoxy) is 1. The smallest absolute Gasteiger partial charge is 0.220 e. The van der Waals surface area contributed by atoms with Gasteiger partial charge in [0.25, 0.3) is 0 Å². The molecule has 66 valence electrons. The molecule has 0 spiro atoms. The summed E-state index contributed by atoms with van der Waals surface area (Å²) in [6.07, 6.45) is 3.09. The van der Waals surface area contributed by atoms with Gasteiger partial charge in [0.05, 0.1) is 0 Å². The normalized spacial score (nSPS) is 29.8. The van der Waals surface area contributed by atoms with Crippen LogP contribution in [0.5, 0.6) is 0 Å². The lowest BCUT2D eigenvalue weighted by Crippen LogP contribution is -2.01. The third-order valence-electron chi connectivity index (χ3n) is 2.18. The molecule has 2 aliphatic heterocycles. The molecule has 0 amide bonds. The first kappa shape index (κ1) is 7.26. The Hall–Kier alpha value is -1.16. The van der Waals surface area contributed by atoms with Gasteiger partial charge in [0.2, 0.25) is 12.6 Å². The Morgan fingerprint density at radius 3 is 3.00 bits per heavy atom. The fourth-order valence-electron chi connectivity index (χ4n) is 1.53. The van der Waals surface area contributed by atoms with Crippen molar-refractivity contribution in [3.8, 4) is 0 Å². The SMILES string of the molecule is C1=CC2OOC(O2)c2ccccc21. The molecule has 2 bridgehead atoms. The highest BCUT2D eigenvalue weighted by Crippen LogP contribution is 2.34. The van der Waals surface area contributed by atoms with E-state index < -0.39 is 0 Å². The van der Waals surface area contributed by atoms with Crippen molar-refractivity contribution < 1.29 is 14.5 Å². The number of benzene rings is 1. The highest BCUT2D eigenvalue weighted by atomic mass is 17.3. The highest BCUT2D eigenvalue weighted by Gasteiger charge is 2.30. The van der Waals surface area contributed by atoms with Crippen molar-refractivity contribution in [2.75, 3.05) is 0 Å². The summed E-state index contributed by atoms with van der Waals surface area (Å²) < 4.78 is 5.42. The van der Waals surface area contributed by atoms with Crippen LogP contribution < -0.4 is 0 Å². The maximum absolute atomic E-state index is 5.42. The quantitative estimate of drug-likeness (QED) is 0.566. The average Bonchev–Trinajstić information content (AvgIpc) is 2.54. The molecule has 1 aromatic rings. The largest absolute Gasteiger partial charge is 0.310 e. The highest BCUT2D eigenvalue weighted by molar-refractivity contribution is 5.55. The van der Waals surface area contributed by atoms with Gasteiger partial charge in [-0.1, -0.05) is 30.3 Å². The van der Waals surface area contributed by atoms with E-state index in [0.29, 0.717) is 0 Å². The molecule has 13 heavy (non-hydrogen) atoms. The third-order valence-corrected chi connectivity index (χ3v) is 2.18. The lowest BCUT2D eigenvalue weighted by Gasteiger charge is -2.08. The summed E-state index contributed by atoms with van der Waals surface area (Å²) >= 11 is 0. The summed E-state index contributed by atoms with van der Waals surface area (Å²) in [6, 6.07) is 7.95. The fourth-order valence-corrected chi connectivity index (χ4v) is 1.53. The van der Waals surface area contributed by atoms with E-state index in [1.165, 1.54) is 0 Å². The fraction of sp³-hybridized carbons (Fsp3) is 0.200. The van der Waals surface area contributed by atoms with Gasteiger partial charge in [0.1, 0.15) is 0 Å². The summed E-state index contributed by atoms with van der Waals surface area (Å²) in [6.45, 7) is 0. The van der Waals surface area contributed by atoms with Crippen molar-refractivity contribution in [1.29, 1.82) is 0 Å². The molecule has 2 aliphatic rings. The van der Waals surface area contributed by atoms with Gasteiger partial charge in [-0.2, -0.15) is 9.78 Å². The van der Waals surface area contributed by atoms with Crippen LogP contribution in [0.1, 0.15) is 17.4 Å². The summed E-state index contributed by atoms with van der Waals surface area (Å²) in [4.78, 5) is 9.91. The molecule has 3 nitrogen and oxygen atoms in total. The van der Waals surface area contributed by atoms with Crippen molar-refractivity contribution in [1.82, 2.24) is 0 Å². The van der Waals surface area contributed by atoms with Crippen LogP contribution in [0.15, 0.2) is 30.3 Å². The van der Waals surface area contributed by atoms with Crippen LogP contribution in [0.3, 0.4) is 0 Å². The second-order valence-electron chi connectivity index (χ2n) is 3.02. The lowest BCUT2D eigenvalue weighted by atomic mass is 10.1. The predicted octanol–water partition coefficient (Wildman–Crippen LogP) is 2.02. The molecule has 0 aliphatic carbocycles. The molecule has 1 aromatic carbocycles. The van der Waals surface area contributed by atoms with Gasteiger partial charge in [-0.3, -0.25) is 0 Å². The van der Waals surface area contributed by atoms with Crippen LogP contribution >= 0.6 is 0 Å². The first-order valence-corrected chi connectivity index (χ1v) is 4.18. The molecule has 0 aromatic heterocycles. The maximum atomic E-state index is 5.42. The molecule has 0 radical (unpaired) electrons. The lowest BCUT2D eigenvalue weighted by molar-refractivity contribution is -0.291. The van der Waals surface area contributed by atoms with Crippen LogP contribution in [0, 0.1) is 0 Å². The Morgan fingerprint density at radius 1 is 1.08 bits per heavy atom. The molecule has 0 saturated carbocycles. The third kappa shape index (κ3) is 1.09. The van der Waals surface area contributed by atoms with Crippen molar-refractivity contribution in [3.05, 3.63) is 41.5 Å². The Labute approximate surface area is 75.5 Å². The van der Waals surface area contributed by atoms with E-state index >= 15 is 0 Å². The zero-order chi connectivity index (χ0) is 8.67. The first-order chi connectivity index (χ1) is 6.43. The average molecular weight is 176 g/mol. The van der Waals surface area contributed by atoms with E-state index in [2.05, 4.69) is 0 Å². The zero-order valence-electron chi connectivity index (χ0n) is 6.84. The molecular formula is C10H8O3. The van der Waals surface area contributed by atoms with Crippen LogP contribution in [-0.4, -0.2) is 6.29 Å². The Morgan fingerprint density at radius 2 is 2.00 bits per heavy atom. The van der Waals surface area contributed by atoms with Crippen LogP contribution in [0.4, 0.5) is 0 Å². The minimum absolute atomic E-state index is 0.364. The van der Waals surface area contributed by atoms with E-state index in [1.54, 1.807) is 0 Å². The molecule has 2 atom stereocenters. The molecule has 3 rings (SSSR count). The molecule has 3 heteroatoms. The predicted molar refractivity (Wildman–Crippen MR) is 45.3 cm³/mol. The summed E-state index contributed by atoms with van der Waals surface area (Å²) in [5.41, 5.74) is 2.14. The van der Waals surface area contributed by atoms with E-state index in [0.717, 1.165) is 11.1 Å². The number of fused-ring (bicyclic) bond motifs is 4. The van der Waals surface area contributed by atoms with Gasteiger partial charge in [-0.05, 0) is 11.6 Å². The summed E-state index contributed by atoms with van der Waals surface area (Å²) in [7, 11) is 0. The second kappa shape index (κ2) is 2.67. The van der Waals surface area contributed by atoms with Gasteiger partial charge >= 0.3 is 0 Å². The van der Waals surface area contributed by atoms with Crippen LogP contribution in [0.2, 0.25) is 0 Å². The Bertz CT molecular complexity index is 359. The maximum Gasteiger partial charge on any atom is 0.220 e. The van der Waals surface area contributed by atoms with Gasteiger partial charge < -0.3 is 4.74 Å². The van der Waals surface area contributed by atoms with Crippen molar-refractivity contribution in [2.24, 2.45) is 0 Å². The van der Waals surface area contributed by atoms with Gasteiger partial charge in [0.15, 0.2) is 0 Å². The van der Waals surface area contributed by atoms with E-state index in [4.69, 9.17) is 14.5 Å². The summed E-state index contributed by atoms with van der Waals surface area (Å²) in [5, 5.41) is 0. The Kier molecular flexibility index (Phi) is 1.49. The van der Waals surface area contributed by atoms with Crippen molar-refractivity contribution in [3.63, 3.8) is 0 Å². The number of rotatable bonds is 0. The second-order valence-corrected chi connectivity index (χ2v) is 3.02. The van der Waals surface area contributed by atoms with E-state index in [1.807, 2.05) is 36.4 Å². The minimum Gasteiger partial charge on any atom is -0.310 e. The van der Waals surface area contributed by atoms with Gasteiger partial charge in [-0.25, -0.2) is 0 Å². The van der Waals surface area contributed by atoms with Crippen LogP contribution in [-0.2, 0) is 14.5 Å². The van der Waals surface area contributed by atoms with E-state index in [9.17, 15) is 0 Å². The molecule has 2 heterocycles. The molecule has 2 unspecified atom stereocenters. The van der Waals surface area contributed by atoms with E-state index in [-0.39, 0.29) is 12.6 Å². The molecule has 0 N–H and O–H groups in total. The van der Waals surface area contributed by atoms with Crippen molar-refractivity contribution in [2.45, 2.75) is 12.6 Å². The zero-order valence-corrected chi connectivity index (χ0v) is 6.84. The Balaban J connectivity index is 2.15. The minimum atomic E-state index is -0.379. The standard InChI is InChI=1S/C10H8O3/c1-2-4-8-7(3-1)5-6-9-11-10(8)13-12-9/h1-6,9-10H.